The van der Waals surface area contributed by atoms with E-state index in [-0.39, 0.29) is 66.3 Å². The number of imidazole rings is 1. The Kier molecular flexibility index (Phi) is 11.1. The number of morpholine rings is 1. The van der Waals surface area contributed by atoms with Crippen LogP contribution < -0.4 is 26.1 Å². The zero-order valence-electron chi connectivity index (χ0n) is 37.1. The molecule has 1 aliphatic carbocycles. The van der Waals surface area contributed by atoms with E-state index in [9.17, 15) is 28.0 Å². The fourth-order valence-corrected chi connectivity index (χ4v) is 11.6. The first-order valence-corrected chi connectivity index (χ1v) is 23.3. The Labute approximate surface area is 381 Å². The van der Waals surface area contributed by atoms with E-state index in [1.165, 1.54) is 30.7 Å². The predicted octanol–water partition coefficient (Wildman–Crippen LogP) is 3.99. The summed E-state index contributed by atoms with van der Waals surface area (Å²) in [4.78, 5) is 64.3. The summed E-state index contributed by atoms with van der Waals surface area (Å²) in [6.07, 6.45) is 6.10. The molecule has 9 heterocycles. The van der Waals surface area contributed by atoms with E-state index in [0.29, 0.717) is 94.2 Å². The molecular weight excluding hydrogens is 879 g/mol. The lowest BCUT2D eigenvalue weighted by Crippen LogP contribution is -2.62. The number of imide groups is 1. The monoisotopic (exact) mass is 931 g/mol. The lowest BCUT2D eigenvalue weighted by Gasteiger charge is -2.47. The summed E-state index contributed by atoms with van der Waals surface area (Å²) in [6, 6.07) is 5.68. The molecule has 4 atom stereocenters. The van der Waals surface area contributed by atoms with Crippen molar-refractivity contribution < 1.29 is 36.7 Å². The third-order valence-corrected chi connectivity index (χ3v) is 15.1. The minimum absolute atomic E-state index is 0.0795. The lowest BCUT2D eigenvalue weighted by molar-refractivity contribution is -0.135. The van der Waals surface area contributed by atoms with Gasteiger partial charge in [0, 0.05) is 71.7 Å². The molecule has 3 amide bonds. The standard InChI is InChI=1S/C45H53F4N13O5/c1-55-39-32(3-2-4-33(39)62(44(55)66)34-9-10-37(63)53-43(34)65)57-15-17-58(18-16-57)35-11-13-56(25-45(35,48)49)21-26-5-7-27(8-6-26)61-23-31(38(54-61)40(46)47)51-42(64)30-20-50-60-14-12-36(52-41(30)60)59-22-29-19-28(59)24-67-29/h2-4,12,14,20,23,26-29,34-35,40H,5-11,13,15-19,21-22,24-25H2,1H3,(H,51,64)(H,53,63,65)/t26?,27?,28-,29-,34?,35?/m1/s1. The minimum atomic E-state index is -2.94. The van der Waals surface area contributed by atoms with Crippen LogP contribution >= 0.6 is 0 Å². The van der Waals surface area contributed by atoms with Gasteiger partial charge in [0.05, 0.1) is 66.0 Å². The van der Waals surface area contributed by atoms with Crippen LogP contribution in [0.1, 0.15) is 85.9 Å². The van der Waals surface area contributed by atoms with Crippen molar-refractivity contribution >= 4 is 51.6 Å². The summed E-state index contributed by atoms with van der Waals surface area (Å²) in [7, 11) is 1.66. The van der Waals surface area contributed by atoms with Crippen LogP contribution in [0.2, 0.25) is 0 Å². The van der Waals surface area contributed by atoms with Crippen LogP contribution in [0.5, 0.6) is 0 Å². The number of piperidine rings is 2. The molecular formula is C45H53F4N13O5. The molecule has 11 rings (SSSR count). The van der Waals surface area contributed by atoms with Gasteiger partial charge in [-0.2, -0.15) is 10.2 Å². The molecule has 22 heteroatoms. The molecule has 18 nitrogen and oxygen atoms in total. The van der Waals surface area contributed by atoms with Gasteiger partial charge in [-0.3, -0.25) is 43.3 Å². The number of para-hydroxylation sites is 1. The van der Waals surface area contributed by atoms with Gasteiger partial charge in [-0.15, -0.1) is 0 Å². The highest BCUT2D eigenvalue weighted by Crippen LogP contribution is 2.39. The second kappa shape index (κ2) is 17.0. The second-order valence-electron chi connectivity index (χ2n) is 19.1. The van der Waals surface area contributed by atoms with E-state index in [2.05, 4.69) is 30.6 Å². The van der Waals surface area contributed by atoms with Gasteiger partial charge < -0.3 is 19.9 Å². The molecule has 67 heavy (non-hydrogen) atoms. The van der Waals surface area contributed by atoms with Crippen LogP contribution in [0.4, 0.5) is 34.8 Å². The molecule has 1 saturated carbocycles. The molecule has 356 valence electrons. The molecule has 5 aliphatic heterocycles. The Morgan fingerprint density at radius 3 is 2.52 bits per heavy atom. The fourth-order valence-electron chi connectivity index (χ4n) is 11.6. The third-order valence-electron chi connectivity index (χ3n) is 15.1. The maximum atomic E-state index is 16.1. The average molecular weight is 932 g/mol. The molecule has 2 unspecified atom stereocenters. The van der Waals surface area contributed by atoms with Crippen molar-refractivity contribution in [2.24, 2.45) is 13.0 Å². The molecule has 0 spiro atoms. The van der Waals surface area contributed by atoms with Crippen LogP contribution in [0.25, 0.3) is 16.7 Å². The first-order chi connectivity index (χ1) is 32.3. The number of piperazine rings is 1. The molecule has 4 aromatic heterocycles. The molecule has 5 aromatic rings. The number of aromatic nitrogens is 7. The van der Waals surface area contributed by atoms with Crippen LogP contribution in [-0.2, 0) is 21.4 Å². The maximum Gasteiger partial charge on any atom is 0.329 e. The van der Waals surface area contributed by atoms with Gasteiger partial charge in [-0.25, -0.2) is 31.9 Å². The summed E-state index contributed by atoms with van der Waals surface area (Å²) in [5.41, 5.74) is 1.53. The normalized spacial score (nSPS) is 27.2. The molecule has 1 aromatic carbocycles. The largest absolute Gasteiger partial charge is 0.374 e. The quantitative estimate of drug-likeness (QED) is 0.153. The molecule has 2 bridgehead atoms. The van der Waals surface area contributed by atoms with Crippen LogP contribution in [-0.4, -0.2) is 144 Å². The lowest BCUT2D eigenvalue weighted by atomic mass is 9.85. The Balaban J connectivity index is 0.684. The van der Waals surface area contributed by atoms with Gasteiger partial charge in [0.1, 0.15) is 17.4 Å². The van der Waals surface area contributed by atoms with E-state index >= 15 is 8.78 Å². The van der Waals surface area contributed by atoms with Crippen molar-refractivity contribution in [3.63, 3.8) is 0 Å². The number of alkyl halides is 4. The fraction of sp³-hybridized carbons (Fsp3) is 0.578. The number of rotatable bonds is 10. The van der Waals surface area contributed by atoms with Gasteiger partial charge in [-0.05, 0) is 69.1 Å². The first-order valence-electron chi connectivity index (χ1n) is 23.3. The SMILES string of the molecule is Cn1c(=O)n(C2CCC(=O)NC2=O)c2cccc(N3CCN(C4CCN(CC5CCC(n6cc(NC(=O)c7cnn8ccc(N9C[C@H]%10C[C@@H]9CO%10)nc78)c(C(F)F)n6)CC5)CC4(F)F)CC3)c21. The number of amides is 3. The first kappa shape index (κ1) is 43.7. The van der Waals surface area contributed by atoms with Crippen molar-refractivity contribution in [3.8, 4) is 0 Å². The number of hydrogen-bond donors (Lipinski definition) is 2. The highest BCUT2D eigenvalue weighted by Gasteiger charge is 2.48. The van der Waals surface area contributed by atoms with Gasteiger partial charge in [0.15, 0.2) is 11.3 Å². The smallest absolute Gasteiger partial charge is 0.329 e. The number of aryl methyl sites for hydroxylation is 1. The summed E-state index contributed by atoms with van der Waals surface area (Å²) >= 11 is 0. The average Bonchev–Trinajstić information content (AvgIpc) is 4.17. The number of hydrogen-bond acceptors (Lipinski definition) is 12. The molecule has 6 aliphatic rings. The van der Waals surface area contributed by atoms with Gasteiger partial charge in [-0.1, -0.05) is 6.07 Å². The van der Waals surface area contributed by atoms with E-state index in [1.54, 1.807) is 19.3 Å². The number of anilines is 3. The van der Waals surface area contributed by atoms with Gasteiger partial charge in [0.25, 0.3) is 18.3 Å². The van der Waals surface area contributed by atoms with Crippen molar-refractivity contribution in [2.45, 2.75) is 94.0 Å². The highest BCUT2D eigenvalue weighted by molar-refractivity contribution is 6.08. The van der Waals surface area contributed by atoms with E-state index in [0.717, 1.165) is 24.9 Å². The Hall–Kier alpha value is -5.87. The maximum absolute atomic E-state index is 16.1. The molecule has 5 saturated heterocycles. The Morgan fingerprint density at radius 1 is 1.00 bits per heavy atom. The van der Waals surface area contributed by atoms with Gasteiger partial charge >= 0.3 is 5.69 Å². The van der Waals surface area contributed by atoms with Crippen molar-refractivity contribution in [1.29, 1.82) is 0 Å². The number of fused-ring (bicyclic) bond motifs is 4. The number of benzene rings is 1. The molecule has 0 radical (unpaired) electrons. The number of nitrogens with zero attached hydrogens (tertiary/aromatic N) is 11. The number of nitrogens with one attached hydrogen (secondary N) is 2. The van der Waals surface area contributed by atoms with E-state index in [4.69, 9.17) is 9.72 Å². The third kappa shape index (κ3) is 7.92. The Bertz CT molecular complexity index is 2790. The number of ether oxygens (including phenoxy) is 1. The van der Waals surface area contributed by atoms with E-state index < -0.39 is 41.9 Å². The number of carbonyl (C=O) groups excluding carboxylic acids is 3. The molecule has 2 N–H and O–H groups in total. The van der Waals surface area contributed by atoms with Crippen LogP contribution in [0.3, 0.4) is 0 Å². The van der Waals surface area contributed by atoms with Crippen LogP contribution in [0.15, 0.2) is 47.7 Å². The summed E-state index contributed by atoms with van der Waals surface area (Å²) < 4.78 is 72.5. The zero-order valence-corrected chi connectivity index (χ0v) is 37.1. The summed E-state index contributed by atoms with van der Waals surface area (Å²) in [5, 5.41) is 13.5. The number of halogens is 4. The predicted molar refractivity (Wildman–Crippen MR) is 237 cm³/mol. The van der Waals surface area contributed by atoms with Crippen LogP contribution in [0, 0.1) is 5.92 Å². The zero-order chi connectivity index (χ0) is 46.3. The summed E-state index contributed by atoms with van der Waals surface area (Å²) in [6.45, 7) is 3.85. The van der Waals surface area contributed by atoms with Gasteiger partial charge in [0.2, 0.25) is 11.8 Å². The topological polar surface area (TPSA) is 172 Å². The number of carbonyl (C=O) groups is 3. The van der Waals surface area contributed by atoms with Crippen molar-refractivity contribution in [3.05, 3.63) is 64.6 Å². The summed E-state index contributed by atoms with van der Waals surface area (Å²) in [5.74, 6) is -3.56. The molecule has 6 fully saturated rings. The Morgan fingerprint density at radius 2 is 1.81 bits per heavy atom. The van der Waals surface area contributed by atoms with E-state index in [1.807, 2.05) is 28.0 Å². The van der Waals surface area contributed by atoms with Crippen molar-refractivity contribution in [1.82, 2.24) is 48.6 Å². The second-order valence-corrected chi connectivity index (χ2v) is 19.1. The number of likely N-dealkylation sites (tertiary alicyclic amines) is 1. The van der Waals surface area contributed by atoms with Crippen molar-refractivity contribution in [2.75, 3.05) is 74.1 Å². The highest BCUT2D eigenvalue weighted by atomic mass is 19.3. The minimum Gasteiger partial charge on any atom is -0.374 e.